The molecule has 3 aliphatic rings. The van der Waals surface area contributed by atoms with Gasteiger partial charge in [-0.15, -0.1) is 0 Å². The molecule has 1 atom stereocenters. The van der Waals surface area contributed by atoms with Crippen molar-refractivity contribution in [3.8, 4) is 5.88 Å². The molecule has 2 aromatic rings. The maximum atomic E-state index is 12.8. The summed E-state index contributed by atoms with van der Waals surface area (Å²) in [5, 5.41) is 6.98. The second kappa shape index (κ2) is 6.76. The number of nitrogens with one attached hydrogen (secondary N) is 2. The number of rotatable bonds is 3. The number of fused-ring (bicyclic) bond motifs is 3. The molecule has 2 aliphatic carbocycles. The predicted octanol–water partition coefficient (Wildman–Crippen LogP) is 2.71. The summed E-state index contributed by atoms with van der Waals surface area (Å²) in [5.74, 6) is 0.186. The highest BCUT2D eigenvalue weighted by Crippen LogP contribution is 2.38. The van der Waals surface area contributed by atoms with Gasteiger partial charge in [-0.1, -0.05) is 6.07 Å². The zero-order chi connectivity index (χ0) is 20.2. The van der Waals surface area contributed by atoms with Crippen LogP contribution in [-0.4, -0.2) is 30.8 Å². The molecule has 0 saturated heterocycles. The Labute approximate surface area is 169 Å². The average molecular weight is 417 g/mol. The highest BCUT2D eigenvalue weighted by atomic mass is 32.2. The summed E-state index contributed by atoms with van der Waals surface area (Å²) >= 11 is 0. The lowest BCUT2D eigenvalue weighted by Crippen LogP contribution is -2.35. The van der Waals surface area contributed by atoms with Crippen molar-refractivity contribution in [3.05, 3.63) is 34.5 Å². The van der Waals surface area contributed by atoms with Crippen LogP contribution in [0.1, 0.15) is 54.5 Å². The number of hydrogen-bond acceptors (Lipinski definition) is 5. The molecule has 2 heterocycles. The molecular formula is C20H24N4O4S. The molecule has 154 valence electrons. The van der Waals surface area contributed by atoms with Crippen molar-refractivity contribution >= 4 is 21.7 Å². The van der Waals surface area contributed by atoms with Crippen LogP contribution in [0, 0.1) is 0 Å². The Balaban J connectivity index is 1.41. The van der Waals surface area contributed by atoms with Gasteiger partial charge in [0.25, 0.3) is 10.0 Å². The maximum Gasteiger partial charge on any atom is 0.333 e. The zero-order valence-electron chi connectivity index (χ0n) is 16.3. The SMILES string of the molecule is CC1CCOc2c(S(=O)(=O)NC(=O)Nc3c4c(cc5c3CCC5)CCC4)cnn21. The molecule has 0 saturated carbocycles. The molecule has 0 fully saturated rings. The summed E-state index contributed by atoms with van der Waals surface area (Å²) in [6.45, 7) is 2.37. The number of sulfonamides is 1. The highest BCUT2D eigenvalue weighted by molar-refractivity contribution is 7.90. The molecule has 2 N–H and O–H groups in total. The van der Waals surface area contributed by atoms with E-state index < -0.39 is 16.1 Å². The first-order chi connectivity index (χ1) is 13.9. The standard InChI is InChI=1S/C20H24N4O4S/c1-12-8-9-28-19-17(11-21-24(12)19)29(26,27)23-20(25)22-18-15-6-2-4-13(15)10-14-5-3-7-16(14)18/h10-12H,2-9H2,1H3,(H2,22,23,25). The van der Waals surface area contributed by atoms with Crippen LogP contribution < -0.4 is 14.8 Å². The molecule has 0 spiro atoms. The smallest absolute Gasteiger partial charge is 0.333 e. The number of urea groups is 1. The second-order valence-electron chi connectivity index (χ2n) is 8.04. The van der Waals surface area contributed by atoms with Crippen LogP contribution in [0.5, 0.6) is 5.88 Å². The molecule has 1 aromatic heterocycles. The van der Waals surface area contributed by atoms with Gasteiger partial charge in [0.2, 0.25) is 5.88 Å². The van der Waals surface area contributed by atoms with Gasteiger partial charge in [-0.05, 0) is 67.7 Å². The lowest BCUT2D eigenvalue weighted by atomic mass is 9.99. The normalized spacial score (nSPS) is 19.8. The van der Waals surface area contributed by atoms with E-state index in [2.05, 4.69) is 21.2 Å². The minimum absolute atomic E-state index is 0.0472. The van der Waals surface area contributed by atoms with E-state index in [1.165, 1.54) is 17.3 Å². The first-order valence-corrected chi connectivity index (χ1v) is 11.6. The first kappa shape index (κ1) is 18.5. The third-order valence-electron chi connectivity index (χ3n) is 6.14. The molecular weight excluding hydrogens is 392 g/mol. The number of anilines is 1. The molecule has 2 amide bonds. The van der Waals surface area contributed by atoms with Crippen molar-refractivity contribution in [1.82, 2.24) is 14.5 Å². The van der Waals surface area contributed by atoms with Gasteiger partial charge in [0.1, 0.15) is 0 Å². The number of aromatic nitrogens is 2. The van der Waals surface area contributed by atoms with Crippen LogP contribution in [0.25, 0.3) is 0 Å². The van der Waals surface area contributed by atoms with Gasteiger partial charge in [0, 0.05) is 12.1 Å². The predicted molar refractivity (Wildman–Crippen MR) is 107 cm³/mol. The van der Waals surface area contributed by atoms with Crippen LogP contribution in [0.3, 0.4) is 0 Å². The largest absolute Gasteiger partial charge is 0.477 e. The van der Waals surface area contributed by atoms with E-state index in [9.17, 15) is 13.2 Å². The summed E-state index contributed by atoms with van der Waals surface area (Å²) in [6.07, 6.45) is 7.96. The molecule has 1 aromatic carbocycles. The fraction of sp³-hybridized carbons (Fsp3) is 0.500. The van der Waals surface area contributed by atoms with E-state index >= 15 is 0 Å². The van der Waals surface area contributed by atoms with E-state index in [-0.39, 0.29) is 16.8 Å². The van der Waals surface area contributed by atoms with Crippen molar-refractivity contribution < 1.29 is 17.9 Å². The van der Waals surface area contributed by atoms with Gasteiger partial charge in [0.05, 0.1) is 18.8 Å². The number of benzene rings is 1. The Kier molecular flexibility index (Phi) is 4.31. The molecule has 1 unspecified atom stereocenters. The summed E-state index contributed by atoms with van der Waals surface area (Å²) in [7, 11) is -4.10. The number of carbonyl (C=O) groups is 1. The Morgan fingerprint density at radius 1 is 1.17 bits per heavy atom. The number of nitrogens with zero attached hydrogens (tertiary/aromatic N) is 2. The number of ether oxygens (including phenoxy) is 1. The van der Waals surface area contributed by atoms with Crippen molar-refractivity contribution in [2.45, 2.75) is 62.8 Å². The summed E-state index contributed by atoms with van der Waals surface area (Å²) in [6, 6.07) is 1.57. The fourth-order valence-electron chi connectivity index (χ4n) is 4.70. The number of aryl methyl sites for hydroxylation is 2. The van der Waals surface area contributed by atoms with Crippen LogP contribution in [0.2, 0.25) is 0 Å². The topological polar surface area (TPSA) is 102 Å². The van der Waals surface area contributed by atoms with E-state index in [0.29, 0.717) is 6.61 Å². The number of carbonyl (C=O) groups excluding carboxylic acids is 1. The van der Waals surface area contributed by atoms with Gasteiger partial charge in [-0.25, -0.2) is 22.6 Å². The Bertz CT molecular complexity index is 1070. The molecule has 29 heavy (non-hydrogen) atoms. The quantitative estimate of drug-likeness (QED) is 0.801. The van der Waals surface area contributed by atoms with E-state index in [4.69, 9.17) is 4.74 Å². The number of hydrogen-bond donors (Lipinski definition) is 2. The van der Waals surface area contributed by atoms with Gasteiger partial charge in [-0.2, -0.15) is 5.10 Å². The van der Waals surface area contributed by atoms with Crippen LogP contribution in [0.15, 0.2) is 17.2 Å². The molecule has 8 nitrogen and oxygen atoms in total. The first-order valence-electron chi connectivity index (χ1n) is 10.1. The van der Waals surface area contributed by atoms with E-state index in [1.54, 1.807) is 4.68 Å². The lowest BCUT2D eigenvalue weighted by molar-refractivity contribution is 0.196. The van der Waals surface area contributed by atoms with Crippen LogP contribution in [0.4, 0.5) is 10.5 Å². The maximum absolute atomic E-state index is 12.8. The van der Waals surface area contributed by atoms with Crippen molar-refractivity contribution in [1.29, 1.82) is 0 Å². The molecule has 1 aliphatic heterocycles. The van der Waals surface area contributed by atoms with Crippen molar-refractivity contribution in [2.24, 2.45) is 0 Å². The van der Waals surface area contributed by atoms with Crippen molar-refractivity contribution in [2.75, 3.05) is 11.9 Å². The summed E-state index contributed by atoms with van der Waals surface area (Å²) in [4.78, 5) is 12.6. The monoisotopic (exact) mass is 416 g/mol. The van der Waals surface area contributed by atoms with Crippen molar-refractivity contribution in [3.63, 3.8) is 0 Å². The number of amides is 2. The minimum atomic E-state index is -4.10. The summed E-state index contributed by atoms with van der Waals surface area (Å²) in [5.41, 5.74) is 5.66. The molecule has 5 rings (SSSR count). The molecule has 0 bridgehead atoms. The highest BCUT2D eigenvalue weighted by Gasteiger charge is 2.31. The van der Waals surface area contributed by atoms with Gasteiger partial charge < -0.3 is 10.1 Å². The molecule has 9 heteroatoms. The third kappa shape index (κ3) is 3.08. The Hall–Kier alpha value is -2.55. The second-order valence-corrected chi connectivity index (χ2v) is 9.69. The Morgan fingerprint density at radius 3 is 2.55 bits per heavy atom. The van der Waals surface area contributed by atoms with Gasteiger partial charge in [0.15, 0.2) is 4.90 Å². The van der Waals surface area contributed by atoms with E-state index in [0.717, 1.165) is 61.8 Å². The van der Waals surface area contributed by atoms with Crippen LogP contribution in [-0.2, 0) is 35.7 Å². The van der Waals surface area contributed by atoms with E-state index in [1.807, 2.05) is 6.92 Å². The van der Waals surface area contributed by atoms with Crippen LogP contribution >= 0.6 is 0 Å². The fourth-order valence-corrected chi connectivity index (χ4v) is 5.68. The third-order valence-corrected chi connectivity index (χ3v) is 7.45. The molecule has 0 radical (unpaired) electrons. The lowest BCUT2D eigenvalue weighted by Gasteiger charge is -2.22. The zero-order valence-corrected chi connectivity index (χ0v) is 17.1. The van der Waals surface area contributed by atoms with Gasteiger partial charge in [-0.3, -0.25) is 0 Å². The van der Waals surface area contributed by atoms with Gasteiger partial charge >= 0.3 is 6.03 Å². The summed E-state index contributed by atoms with van der Waals surface area (Å²) < 4.78 is 34.9. The Morgan fingerprint density at radius 2 is 1.86 bits per heavy atom. The minimum Gasteiger partial charge on any atom is -0.477 e. The average Bonchev–Trinajstić information content (AvgIpc) is 3.40.